The van der Waals surface area contributed by atoms with E-state index in [-0.39, 0.29) is 0 Å². The topological polar surface area (TPSA) is 55.7 Å². The van der Waals surface area contributed by atoms with Gasteiger partial charge in [0.2, 0.25) is 5.13 Å². The average molecular weight is 333 g/mol. The fourth-order valence-corrected chi connectivity index (χ4v) is 2.65. The summed E-state index contributed by atoms with van der Waals surface area (Å²) in [4.78, 5) is 5.58. The van der Waals surface area contributed by atoms with E-state index in [1.165, 1.54) is 4.88 Å². The van der Waals surface area contributed by atoms with Gasteiger partial charge in [-0.1, -0.05) is 6.92 Å². The number of hydrogen-bond acceptors (Lipinski definition) is 6. The standard InChI is InChI=1S/C17H23N3O2S/c1-5-9-22-15-8-7-14(10-16(15)21-6-2)11-18-20-17-19-12(3)13(4)23-17/h7-8,10-11H,5-6,9H2,1-4H3,(H,19,20)/b18-11-. The molecule has 1 N–H and O–H groups in total. The number of benzene rings is 1. The molecular weight excluding hydrogens is 310 g/mol. The molecule has 0 aliphatic rings. The van der Waals surface area contributed by atoms with Crippen LogP contribution in [0.4, 0.5) is 5.13 Å². The molecule has 0 spiro atoms. The number of hydrogen-bond donors (Lipinski definition) is 1. The van der Waals surface area contributed by atoms with E-state index >= 15 is 0 Å². The van der Waals surface area contributed by atoms with Crippen LogP contribution in [0.3, 0.4) is 0 Å². The van der Waals surface area contributed by atoms with Crippen molar-refractivity contribution in [2.75, 3.05) is 18.6 Å². The van der Waals surface area contributed by atoms with Gasteiger partial charge in [-0.05, 0) is 51.0 Å². The van der Waals surface area contributed by atoms with E-state index in [1.807, 2.05) is 39.0 Å². The third kappa shape index (κ3) is 4.96. The number of aromatic nitrogens is 1. The molecule has 0 aliphatic carbocycles. The maximum Gasteiger partial charge on any atom is 0.203 e. The molecule has 2 aromatic rings. The van der Waals surface area contributed by atoms with Crippen LogP contribution in [0.1, 0.15) is 36.4 Å². The summed E-state index contributed by atoms with van der Waals surface area (Å²) in [6.45, 7) is 9.35. The lowest BCUT2D eigenvalue weighted by Crippen LogP contribution is -2.00. The van der Waals surface area contributed by atoms with Gasteiger partial charge in [0.05, 0.1) is 25.1 Å². The van der Waals surface area contributed by atoms with Gasteiger partial charge in [0.1, 0.15) is 0 Å². The summed E-state index contributed by atoms with van der Waals surface area (Å²) in [7, 11) is 0. The third-order valence-electron chi connectivity index (χ3n) is 3.13. The van der Waals surface area contributed by atoms with Crippen molar-refractivity contribution < 1.29 is 9.47 Å². The first-order valence-electron chi connectivity index (χ1n) is 7.76. The lowest BCUT2D eigenvalue weighted by atomic mass is 10.2. The second kappa shape index (κ2) is 8.53. The molecule has 2 rings (SSSR count). The largest absolute Gasteiger partial charge is 0.490 e. The van der Waals surface area contributed by atoms with Crippen LogP contribution >= 0.6 is 11.3 Å². The van der Waals surface area contributed by atoms with Crippen LogP contribution in [0.15, 0.2) is 23.3 Å². The number of aryl methyl sites for hydroxylation is 2. The third-order valence-corrected chi connectivity index (χ3v) is 4.11. The minimum Gasteiger partial charge on any atom is -0.490 e. The van der Waals surface area contributed by atoms with Crippen LogP contribution in [0.2, 0.25) is 0 Å². The molecule has 0 saturated heterocycles. The van der Waals surface area contributed by atoms with E-state index in [4.69, 9.17) is 9.47 Å². The van der Waals surface area contributed by atoms with Gasteiger partial charge < -0.3 is 9.47 Å². The normalized spacial score (nSPS) is 11.0. The number of nitrogens with zero attached hydrogens (tertiary/aromatic N) is 2. The van der Waals surface area contributed by atoms with Gasteiger partial charge in [0.15, 0.2) is 11.5 Å². The van der Waals surface area contributed by atoms with Crippen LogP contribution in [-0.2, 0) is 0 Å². The zero-order chi connectivity index (χ0) is 16.7. The summed E-state index contributed by atoms with van der Waals surface area (Å²) in [6, 6.07) is 5.80. The number of anilines is 1. The van der Waals surface area contributed by atoms with Crippen molar-refractivity contribution in [1.82, 2.24) is 4.98 Å². The minimum absolute atomic E-state index is 0.596. The van der Waals surface area contributed by atoms with Crippen molar-refractivity contribution in [2.24, 2.45) is 5.10 Å². The highest BCUT2D eigenvalue weighted by molar-refractivity contribution is 7.15. The fraction of sp³-hybridized carbons (Fsp3) is 0.412. The number of rotatable bonds is 8. The van der Waals surface area contributed by atoms with Crippen molar-refractivity contribution in [2.45, 2.75) is 34.1 Å². The molecule has 5 nitrogen and oxygen atoms in total. The van der Waals surface area contributed by atoms with Crippen LogP contribution in [0.5, 0.6) is 11.5 Å². The molecule has 1 heterocycles. The summed E-state index contributed by atoms with van der Waals surface area (Å²) in [6.07, 6.45) is 2.71. The molecule has 1 aromatic heterocycles. The van der Waals surface area contributed by atoms with E-state index in [0.29, 0.717) is 13.2 Å². The lowest BCUT2D eigenvalue weighted by Gasteiger charge is -2.11. The van der Waals surface area contributed by atoms with Gasteiger partial charge in [-0.25, -0.2) is 4.98 Å². The Hall–Kier alpha value is -2.08. The van der Waals surface area contributed by atoms with Crippen LogP contribution in [-0.4, -0.2) is 24.4 Å². The van der Waals surface area contributed by atoms with Crippen molar-refractivity contribution in [1.29, 1.82) is 0 Å². The molecule has 0 unspecified atom stereocenters. The molecule has 1 aromatic carbocycles. The number of nitrogens with one attached hydrogen (secondary N) is 1. The number of hydrazone groups is 1. The Morgan fingerprint density at radius 2 is 2.04 bits per heavy atom. The molecule has 124 valence electrons. The molecule has 23 heavy (non-hydrogen) atoms. The SMILES string of the molecule is CCCOc1ccc(/C=N\Nc2nc(C)c(C)s2)cc1OCC. The van der Waals surface area contributed by atoms with Crippen LogP contribution in [0.25, 0.3) is 0 Å². The first-order valence-corrected chi connectivity index (χ1v) is 8.58. The zero-order valence-electron chi connectivity index (χ0n) is 14.0. The predicted octanol–water partition coefficient (Wildman–Crippen LogP) is 4.39. The van der Waals surface area contributed by atoms with Gasteiger partial charge in [-0.15, -0.1) is 11.3 Å². The Labute approximate surface area is 141 Å². The average Bonchev–Trinajstić information content (AvgIpc) is 2.85. The van der Waals surface area contributed by atoms with E-state index in [2.05, 4.69) is 22.4 Å². The summed E-state index contributed by atoms with van der Waals surface area (Å²) in [5, 5.41) is 5.03. The monoisotopic (exact) mass is 333 g/mol. The molecule has 0 bridgehead atoms. The predicted molar refractivity (Wildman–Crippen MR) is 96.2 cm³/mol. The van der Waals surface area contributed by atoms with Gasteiger partial charge in [0.25, 0.3) is 0 Å². The quantitative estimate of drug-likeness (QED) is 0.575. The maximum atomic E-state index is 5.69. The molecular formula is C17H23N3O2S. The molecule has 0 atom stereocenters. The Bertz CT molecular complexity index is 648. The second-order valence-corrected chi connectivity index (χ2v) is 6.22. The van der Waals surface area contributed by atoms with Crippen molar-refractivity contribution in [3.63, 3.8) is 0 Å². The molecule has 0 saturated carbocycles. The minimum atomic E-state index is 0.596. The van der Waals surface area contributed by atoms with Gasteiger partial charge in [-0.2, -0.15) is 5.10 Å². The summed E-state index contributed by atoms with van der Waals surface area (Å²) < 4.78 is 11.3. The van der Waals surface area contributed by atoms with Crippen LogP contribution in [0, 0.1) is 13.8 Å². The van der Waals surface area contributed by atoms with E-state index in [1.54, 1.807) is 17.6 Å². The molecule has 0 aliphatic heterocycles. The van der Waals surface area contributed by atoms with E-state index in [9.17, 15) is 0 Å². The maximum absolute atomic E-state index is 5.69. The van der Waals surface area contributed by atoms with Crippen molar-refractivity contribution in [3.8, 4) is 11.5 Å². The van der Waals surface area contributed by atoms with Crippen LogP contribution < -0.4 is 14.9 Å². The van der Waals surface area contributed by atoms with Gasteiger partial charge >= 0.3 is 0 Å². The lowest BCUT2D eigenvalue weighted by molar-refractivity contribution is 0.277. The Morgan fingerprint density at radius 3 is 2.70 bits per heavy atom. The zero-order valence-corrected chi connectivity index (χ0v) is 14.9. The molecule has 6 heteroatoms. The van der Waals surface area contributed by atoms with E-state index in [0.717, 1.165) is 34.3 Å². The number of ether oxygens (including phenoxy) is 2. The highest BCUT2D eigenvalue weighted by Gasteiger charge is 2.06. The first kappa shape index (κ1) is 17.3. The van der Waals surface area contributed by atoms with E-state index < -0.39 is 0 Å². The van der Waals surface area contributed by atoms with Crippen molar-refractivity contribution in [3.05, 3.63) is 34.3 Å². The summed E-state index contributed by atoms with van der Waals surface area (Å²) in [5.74, 6) is 1.51. The fourth-order valence-electron chi connectivity index (χ4n) is 1.89. The molecule has 0 amide bonds. The molecule has 0 fully saturated rings. The Morgan fingerprint density at radius 1 is 1.22 bits per heavy atom. The van der Waals surface area contributed by atoms with Gasteiger partial charge in [0, 0.05) is 4.88 Å². The Balaban J connectivity index is 2.06. The van der Waals surface area contributed by atoms with Gasteiger partial charge in [-0.3, -0.25) is 5.43 Å². The summed E-state index contributed by atoms with van der Waals surface area (Å²) in [5.41, 5.74) is 4.93. The highest BCUT2D eigenvalue weighted by Crippen LogP contribution is 2.28. The van der Waals surface area contributed by atoms with Crippen molar-refractivity contribution >= 4 is 22.7 Å². The number of thiazole rings is 1. The first-order chi connectivity index (χ1) is 11.1. The highest BCUT2D eigenvalue weighted by atomic mass is 32.1. The summed E-state index contributed by atoms with van der Waals surface area (Å²) >= 11 is 1.59. The Kier molecular flexibility index (Phi) is 6.40. The molecule has 0 radical (unpaired) electrons. The smallest absolute Gasteiger partial charge is 0.203 e. The second-order valence-electron chi connectivity index (χ2n) is 5.02.